The van der Waals surface area contributed by atoms with E-state index in [9.17, 15) is 4.79 Å². The topological polar surface area (TPSA) is 17.1 Å². The van der Waals surface area contributed by atoms with E-state index >= 15 is 0 Å². The fraction of sp³-hybridized carbons (Fsp3) is 0.308. The lowest BCUT2D eigenvalue weighted by Gasteiger charge is -2.07. The van der Waals surface area contributed by atoms with Crippen LogP contribution < -0.4 is 0 Å². The molecule has 0 saturated carbocycles. The van der Waals surface area contributed by atoms with Crippen LogP contribution in [0.4, 0.5) is 0 Å². The van der Waals surface area contributed by atoms with Gasteiger partial charge in [-0.05, 0) is 43.0 Å². The quantitative estimate of drug-likeness (QED) is 0.658. The summed E-state index contributed by atoms with van der Waals surface area (Å²) in [5.41, 5.74) is 4.97. The van der Waals surface area contributed by atoms with Crippen molar-refractivity contribution >= 4 is 11.4 Å². The van der Waals surface area contributed by atoms with Crippen molar-refractivity contribution in [3.05, 3.63) is 41.0 Å². The van der Waals surface area contributed by atoms with Crippen molar-refractivity contribution in [3.8, 4) is 0 Å². The molecule has 1 aromatic carbocycles. The minimum atomic E-state index is 0.265. The number of ketones is 1. The van der Waals surface area contributed by atoms with Crippen molar-refractivity contribution < 1.29 is 4.79 Å². The van der Waals surface area contributed by atoms with Crippen LogP contribution in [0.3, 0.4) is 0 Å². The molecule has 1 aliphatic rings. The molecule has 0 fully saturated rings. The minimum Gasteiger partial charge on any atom is -0.295 e. The maximum absolute atomic E-state index is 11.1. The van der Waals surface area contributed by atoms with Gasteiger partial charge in [0.1, 0.15) is 0 Å². The van der Waals surface area contributed by atoms with Crippen LogP contribution in [0.1, 0.15) is 29.5 Å². The summed E-state index contributed by atoms with van der Waals surface area (Å²) in [6, 6.07) is 6.39. The predicted molar refractivity (Wildman–Crippen MR) is 58.1 cm³/mol. The highest BCUT2D eigenvalue weighted by Crippen LogP contribution is 2.28. The zero-order chi connectivity index (χ0) is 10.1. The Morgan fingerprint density at radius 1 is 1.14 bits per heavy atom. The molecule has 0 amide bonds. The highest BCUT2D eigenvalue weighted by Gasteiger charge is 2.14. The smallest absolute Gasteiger partial charge is 0.156 e. The van der Waals surface area contributed by atoms with E-state index in [2.05, 4.69) is 32.0 Å². The predicted octanol–water partition coefficient (Wildman–Crippen LogP) is 3.05. The average molecular weight is 186 g/mol. The third-order valence-electron chi connectivity index (χ3n) is 2.71. The summed E-state index contributed by atoms with van der Waals surface area (Å²) in [6.07, 6.45) is 3.38. The maximum atomic E-state index is 11.1. The van der Waals surface area contributed by atoms with Crippen molar-refractivity contribution in [1.29, 1.82) is 0 Å². The lowest BCUT2D eigenvalue weighted by molar-refractivity contribution is -0.114. The standard InChI is InChI=1S/C13H14O/c1-9-3-4-10(2)13(7-9)11-5-6-12(14)8-11/h3-4,7-8H,5-6H2,1-2H3. The zero-order valence-corrected chi connectivity index (χ0v) is 8.63. The van der Waals surface area contributed by atoms with Crippen LogP contribution in [-0.2, 0) is 4.79 Å². The minimum absolute atomic E-state index is 0.265. The molecule has 0 saturated heterocycles. The summed E-state index contributed by atoms with van der Waals surface area (Å²) in [6.45, 7) is 4.18. The van der Waals surface area contributed by atoms with E-state index in [-0.39, 0.29) is 5.78 Å². The van der Waals surface area contributed by atoms with Gasteiger partial charge in [0.05, 0.1) is 0 Å². The first-order chi connectivity index (χ1) is 6.66. The second-order valence-corrected chi connectivity index (χ2v) is 3.95. The van der Waals surface area contributed by atoms with E-state index < -0.39 is 0 Å². The Kier molecular flexibility index (Phi) is 2.24. The highest BCUT2D eigenvalue weighted by molar-refractivity contribution is 6.01. The Labute approximate surface area is 84.5 Å². The molecule has 14 heavy (non-hydrogen) atoms. The Morgan fingerprint density at radius 2 is 1.93 bits per heavy atom. The van der Waals surface area contributed by atoms with Gasteiger partial charge in [0, 0.05) is 6.42 Å². The molecule has 1 aliphatic carbocycles. The molecular weight excluding hydrogens is 172 g/mol. The van der Waals surface area contributed by atoms with E-state index in [0.29, 0.717) is 6.42 Å². The lowest BCUT2D eigenvalue weighted by Crippen LogP contribution is -1.87. The molecule has 0 heterocycles. The fourth-order valence-corrected chi connectivity index (χ4v) is 1.89. The lowest BCUT2D eigenvalue weighted by atomic mass is 9.98. The average Bonchev–Trinajstić information content (AvgIpc) is 2.56. The van der Waals surface area contributed by atoms with Gasteiger partial charge in [0.15, 0.2) is 5.78 Å². The third-order valence-corrected chi connectivity index (χ3v) is 2.71. The van der Waals surface area contributed by atoms with E-state index in [1.807, 2.05) is 0 Å². The number of aryl methyl sites for hydroxylation is 2. The Hall–Kier alpha value is -1.37. The number of rotatable bonds is 1. The van der Waals surface area contributed by atoms with Gasteiger partial charge < -0.3 is 0 Å². The molecule has 0 bridgehead atoms. The summed E-state index contributed by atoms with van der Waals surface area (Å²) in [5, 5.41) is 0. The van der Waals surface area contributed by atoms with E-state index in [1.165, 1.54) is 22.3 Å². The van der Waals surface area contributed by atoms with Crippen LogP contribution in [0.15, 0.2) is 24.3 Å². The number of carbonyl (C=O) groups is 1. The maximum Gasteiger partial charge on any atom is 0.156 e. The first-order valence-corrected chi connectivity index (χ1v) is 4.98. The molecule has 0 unspecified atom stereocenters. The van der Waals surface area contributed by atoms with Gasteiger partial charge in [-0.2, -0.15) is 0 Å². The van der Waals surface area contributed by atoms with Gasteiger partial charge in [-0.3, -0.25) is 4.79 Å². The fourth-order valence-electron chi connectivity index (χ4n) is 1.89. The summed E-state index contributed by atoms with van der Waals surface area (Å²) in [4.78, 5) is 11.1. The molecular formula is C13H14O. The van der Waals surface area contributed by atoms with Gasteiger partial charge in [-0.1, -0.05) is 23.8 Å². The zero-order valence-electron chi connectivity index (χ0n) is 8.63. The van der Waals surface area contributed by atoms with Gasteiger partial charge in [0.25, 0.3) is 0 Å². The van der Waals surface area contributed by atoms with E-state index in [0.717, 1.165) is 6.42 Å². The first-order valence-electron chi connectivity index (χ1n) is 4.98. The summed E-state index contributed by atoms with van der Waals surface area (Å²) in [7, 11) is 0. The number of hydrogen-bond donors (Lipinski definition) is 0. The Morgan fingerprint density at radius 3 is 2.57 bits per heavy atom. The SMILES string of the molecule is Cc1ccc(C)c(C2=CC(=O)CC2)c1. The monoisotopic (exact) mass is 186 g/mol. The van der Waals surface area contributed by atoms with Crippen LogP contribution in [0, 0.1) is 13.8 Å². The molecule has 0 aliphatic heterocycles. The first kappa shape index (κ1) is 9.20. The van der Waals surface area contributed by atoms with Crippen LogP contribution in [0.2, 0.25) is 0 Å². The van der Waals surface area contributed by atoms with Gasteiger partial charge >= 0.3 is 0 Å². The second kappa shape index (κ2) is 3.41. The van der Waals surface area contributed by atoms with Crippen LogP contribution in [0.25, 0.3) is 5.57 Å². The van der Waals surface area contributed by atoms with Crippen molar-refractivity contribution in [1.82, 2.24) is 0 Å². The molecule has 2 rings (SSSR count). The van der Waals surface area contributed by atoms with E-state index in [4.69, 9.17) is 0 Å². The molecule has 1 aromatic rings. The van der Waals surface area contributed by atoms with E-state index in [1.54, 1.807) is 6.08 Å². The molecule has 1 heteroatoms. The van der Waals surface area contributed by atoms with Crippen LogP contribution >= 0.6 is 0 Å². The van der Waals surface area contributed by atoms with Crippen molar-refractivity contribution in [2.45, 2.75) is 26.7 Å². The van der Waals surface area contributed by atoms with Crippen molar-refractivity contribution in [2.75, 3.05) is 0 Å². The summed E-state index contributed by atoms with van der Waals surface area (Å²) in [5.74, 6) is 0.265. The number of carbonyl (C=O) groups excluding carboxylic acids is 1. The summed E-state index contributed by atoms with van der Waals surface area (Å²) < 4.78 is 0. The molecule has 0 radical (unpaired) electrons. The van der Waals surface area contributed by atoms with Crippen molar-refractivity contribution in [2.24, 2.45) is 0 Å². The van der Waals surface area contributed by atoms with Gasteiger partial charge in [-0.15, -0.1) is 0 Å². The molecule has 1 nitrogen and oxygen atoms in total. The highest BCUT2D eigenvalue weighted by atomic mass is 16.1. The number of hydrogen-bond acceptors (Lipinski definition) is 1. The van der Waals surface area contributed by atoms with Crippen LogP contribution in [0.5, 0.6) is 0 Å². The van der Waals surface area contributed by atoms with Gasteiger partial charge in [0.2, 0.25) is 0 Å². The van der Waals surface area contributed by atoms with Gasteiger partial charge in [-0.25, -0.2) is 0 Å². The Bertz CT molecular complexity index is 413. The third kappa shape index (κ3) is 1.63. The second-order valence-electron chi connectivity index (χ2n) is 3.95. The number of allylic oxidation sites excluding steroid dienone is 2. The molecule has 0 spiro atoms. The molecule has 0 N–H and O–H groups in total. The molecule has 0 atom stereocenters. The summed E-state index contributed by atoms with van der Waals surface area (Å²) >= 11 is 0. The largest absolute Gasteiger partial charge is 0.295 e. The van der Waals surface area contributed by atoms with Crippen LogP contribution in [-0.4, -0.2) is 5.78 Å². The molecule has 0 aromatic heterocycles. The molecule has 72 valence electrons. The Balaban J connectivity index is 2.46. The number of benzene rings is 1. The van der Waals surface area contributed by atoms with Crippen molar-refractivity contribution in [3.63, 3.8) is 0 Å². The normalized spacial score (nSPS) is 15.9.